The second-order valence-corrected chi connectivity index (χ2v) is 1.35. The predicted molar refractivity (Wildman–Crippen MR) is 31.6 cm³/mol. The second kappa shape index (κ2) is 6.71. The van der Waals surface area contributed by atoms with E-state index in [1.165, 1.54) is 0 Å². The van der Waals surface area contributed by atoms with Gasteiger partial charge in [-0.3, -0.25) is 4.79 Å². The van der Waals surface area contributed by atoms with Crippen molar-refractivity contribution in [3.05, 3.63) is 12.8 Å². The number of ketones is 1. The van der Waals surface area contributed by atoms with E-state index in [4.69, 9.17) is 0 Å². The minimum atomic E-state index is -0.840. The molecule has 0 saturated heterocycles. The second-order valence-electron chi connectivity index (χ2n) is 1.35. The molecule has 4 heteroatoms. The van der Waals surface area contributed by atoms with Gasteiger partial charge in [0.15, 0.2) is 0 Å². The van der Waals surface area contributed by atoms with Gasteiger partial charge in [0.2, 0.25) is 5.78 Å². The number of esters is 1. The summed E-state index contributed by atoms with van der Waals surface area (Å²) in [6.45, 7) is 4.71. The van der Waals surface area contributed by atoms with Crippen molar-refractivity contribution in [3.8, 4) is 0 Å². The van der Waals surface area contributed by atoms with Crippen LogP contribution in [0, 0.1) is 0 Å². The summed E-state index contributed by atoms with van der Waals surface area (Å²) in [5.74, 6) is -1.37. The first-order chi connectivity index (χ1) is 4.22. The van der Waals surface area contributed by atoms with Gasteiger partial charge in [-0.25, -0.2) is 4.79 Å². The van der Waals surface area contributed by atoms with Crippen molar-refractivity contribution in [1.29, 1.82) is 0 Å². The van der Waals surface area contributed by atoms with E-state index in [9.17, 15) is 9.59 Å². The zero-order valence-electron chi connectivity index (χ0n) is 5.72. The minimum absolute atomic E-state index is 0. The maximum Gasteiger partial charge on any atom is 0.379 e. The van der Waals surface area contributed by atoms with E-state index in [1.54, 1.807) is 6.92 Å². The number of hydrogen-bond acceptors (Lipinski definition) is 3. The largest absolute Gasteiger partial charge is 0.429 e. The molecule has 0 aromatic carbocycles. The van der Waals surface area contributed by atoms with E-state index < -0.39 is 11.8 Å². The first kappa shape index (κ1) is 12.3. The Hall–Kier alpha value is -0.406. The van der Waals surface area contributed by atoms with Crippen LogP contribution in [0.4, 0.5) is 0 Å². The Balaban J connectivity index is 0. The summed E-state index contributed by atoms with van der Waals surface area (Å²) >= 11 is 0. The van der Waals surface area contributed by atoms with Crippen LogP contribution in [0.3, 0.4) is 0 Å². The van der Waals surface area contributed by atoms with Crippen molar-refractivity contribution < 1.29 is 36.0 Å². The Morgan fingerprint density at radius 1 is 1.60 bits per heavy atom. The number of carbonyl (C=O) groups excluding carboxylic acids is 2. The van der Waals surface area contributed by atoms with Gasteiger partial charge in [-0.15, -0.1) is 0 Å². The van der Waals surface area contributed by atoms with E-state index in [1.807, 2.05) is 0 Å². The van der Waals surface area contributed by atoms with Crippen molar-refractivity contribution in [1.82, 2.24) is 0 Å². The molecule has 0 N–H and O–H groups in total. The van der Waals surface area contributed by atoms with Gasteiger partial charge in [-0.1, -0.05) is 13.5 Å². The van der Waals surface area contributed by atoms with Crippen molar-refractivity contribution >= 4 is 11.8 Å². The molecule has 0 saturated carbocycles. The van der Waals surface area contributed by atoms with Crippen molar-refractivity contribution in [2.75, 3.05) is 0 Å². The van der Waals surface area contributed by atoms with Gasteiger partial charge in [0.1, 0.15) is 0 Å². The zero-order chi connectivity index (χ0) is 7.28. The topological polar surface area (TPSA) is 43.4 Å². The summed E-state index contributed by atoms with van der Waals surface area (Å²) < 4.78 is 4.17. The monoisotopic (exact) mass is 176 g/mol. The number of Topliss-reactive ketones (excluding diaryl/α,β-unsaturated/α-hetero) is 1. The molecule has 10 heavy (non-hydrogen) atoms. The molecule has 0 spiro atoms. The number of rotatable bonds is 3. The van der Waals surface area contributed by atoms with Crippen LogP contribution in [0.5, 0.6) is 0 Å². The van der Waals surface area contributed by atoms with Crippen LogP contribution >= 0.6 is 0 Å². The van der Waals surface area contributed by atoms with E-state index in [0.29, 0.717) is 0 Å². The fourth-order valence-corrected chi connectivity index (χ4v) is 0.286. The van der Waals surface area contributed by atoms with Crippen LogP contribution in [0.1, 0.15) is 13.3 Å². The van der Waals surface area contributed by atoms with E-state index in [-0.39, 0.29) is 28.1 Å². The van der Waals surface area contributed by atoms with Crippen LogP contribution in [0.25, 0.3) is 0 Å². The Morgan fingerprint density at radius 3 is 2.40 bits per heavy atom. The molecule has 0 rings (SSSR count). The quantitative estimate of drug-likeness (QED) is 0.274. The molecule has 0 aromatic heterocycles. The number of ether oxygens (including phenoxy) is 1. The summed E-state index contributed by atoms with van der Waals surface area (Å²) in [6, 6.07) is 0. The SMILES string of the molecule is C=COC(=O)C(=O)CC.[Ti]. The predicted octanol–water partition coefficient (Wildman–Crippen LogP) is 0.650. The summed E-state index contributed by atoms with van der Waals surface area (Å²) in [6.07, 6.45) is 1.11. The molecule has 3 nitrogen and oxygen atoms in total. The van der Waals surface area contributed by atoms with E-state index >= 15 is 0 Å². The molecule has 0 aliphatic carbocycles. The van der Waals surface area contributed by atoms with Gasteiger partial charge in [0, 0.05) is 28.1 Å². The van der Waals surface area contributed by atoms with Gasteiger partial charge in [-0.2, -0.15) is 0 Å². The Labute approximate surface area is 74.3 Å². The molecule has 0 radical (unpaired) electrons. The van der Waals surface area contributed by atoms with Gasteiger partial charge in [-0.05, 0) is 0 Å². The molecule has 0 aromatic rings. The van der Waals surface area contributed by atoms with Crippen LogP contribution in [0.2, 0.25) is 0 Å². The van der Waals surface area contributed by atoms with E-state index in [0.717, 1.165) is 6.26 Å². The molecule has 0 heterocycles. The molecule has 0 aliphatic rings. The number of hydrogen-bond donors (Lipinski definition) is 0. The third kappa shape index (κ3) is 4.47. The standard InChI is InChI=1S/C6H8O3.Ti/c1-3-5(7)6(8)9-4-2;/h4H,2-3H2,1H3;. The maximum atomic E-state index is 10.4. The van der Waals surface area contributed by atoms with Crippen LogP contribution in [-0.2, 0) is 36.0 Å². The Morgan fingerprint density at radius 2 is 2.10 bits per heavy atom. The third-order valence-electron chi connectivity index (χ3n) is 0.739. The Bertz CT molecular complexity index is 142. The summed E-state index contributed by atoms with van der Waals surface area (Å²) in [4.78, 5) is 20.7. The zero-order valence-corrected chi connectivity index (χ0v) is 7.28. The third-order valence-corrected chi connectivity index (χ3v) is 0.739. The fourth-order valence-electron chi connectivity index (χ4n) is 0.286. The van der Waals surface area contributed by atoms with Crippen molar-refractivity contribution in [2.45, 2.75) is 13.3 Å². The van der Waals surface area contributed by atoms with Gasteiger partial charge < -0.3 is 4.74 Å². The van der Waals surface area contributed by atoms with Crippen molar-refractivity contribution in [2.24, 2.45) is 0 Å². The van der Waals surface area contributed by atoms with Crippen LogP contribution in [-0.4, -0.2) is 11.8 Å². The van der Waals surface area contributed by atoms with Gasteiger partial charge in [0.25, 0.3) is 0 Å². The first-order valence-electron chi connectivity index (χ1n) is 2.57. The fraction of sp³-hybridized carbons (Fsp3) is 0.333. The summed E-state index contributed by atoms with van der Waals surface area (Å²) in [7, 11) is 0. The normalized spacial score (nSPS) is 7.30. The minimum Gasteiger partial charge on any atom is -0.429 e. The molecular weight excluding hydrogens is 168 g/mol. The smallest absolute Gasteiger partial charge is 0.379 e. The van der Waals surface area contributed by atoms with Crippen LogP contribution in [0.15, 0.2) is 12.8 Å². The molecular formula is C6H8O3Ti. The molecule has 0 aliphatic heterocycles. The van der Waals surface area contributed by atoms with Gasteiger partial charge in [0.05, 0.1) is 6.26 Å². The van der Waals surface area contributed by atoms with Crippen LogP contribution < -0.4 is 0 Å². The average molecular weight is 176 g/mol. The molecule has 0 fully saturated rings. The van der Waals surface area contributed by atoms with E-state index in [2.05, 4.69) is 11.3 Å². The molecule has 0 atom stereocenters. The molecule has 0 unspecified atom stereocenters. The maximum absolute atomic E-state index is 10.4. The molecule has 0 amide bonds. The Kier molecular flexibility index (Phi) is 8.25. The summed E-state index contributed by atoms with van der Waals surface area (Å²) in [5, 5.41) is 0. The number of carbonyl (C=O) groups is 2. The molecule has 54 valence electrons. The summed E-state index contributed by atoms with van der Waals surface area (Å²) in [5.41, 5.74) is 0. The van der Waals surface area contributed by atoms with Crippen molar-refractivity contribution in [3.63, 3.8) is 0 Å². The van der Waals surface area contributed by atoms with Gasteiger partial charge >= 0.3 is 5.97 Å². The molecule has 0 bridgehead atoms. The average Bonchev–Trinajstić information content (AvgIpc) is 1.87. The first-order valence-corrected chi connectivity index (χ1v) is 2.57.